The van der Waals surface area contributed by atoms with Crippen molar-refractivity contribution in [3.63, 3.8) is 0 Å². The zero-order valence-electron chi connectivity index (χ0n) is 11.5. The lowest BCUT2D eigenvalue weighted by atomic mass is 10.2. The van der Waals surface area contributed by atoms with E-state index in [1.54, 1.807) is 10.3 Å². The van der Waals surface area contributed by atoms with Gasteiger partial charge >= 0.3 is 0 Å². The number of unbranched alkanes of at least 4 members (excludes halogenated alkanes) is 3. The van der Waals surface area contributed by atoms with Crippen LogP contribution >= 0.6 is 11.3 Å². The van der Waals surface area contributed by atoms with E-state index in [1.165, 1.54) is 24.2 Å². The first-order chi connectivity index (χ1) is 9.22. The Balaban J connectivity index is 2.56. The summed E-state index contributed by atoms with van der Waals surface area (Å²) in [6, 6.07) is 0. The van der Waals surface area contributed by atoms with Crippen LogP contribution in [-0.4, -0.2) is 40.6 Å². The summed E-state index contributed by atoms with van der Waals surface area (Å²) in [4.78, 5) is 18.1. The van der Waals surface area contributed by atoms with Crippen molar-refractivity contribution in [3.05, 3.63) is 16.1 Å². The summed E-state index contributed by atoms with van der Waals surface area (Å²) in [7, 11) is 0. The highest BCUT2D eigenvalue weighted by molar-refractivity contribution is 7.09. The molecule has 0 radical (unpaired) electrons. The van der Waals surface area contributed by atoms with Gasteiger partial charge in [0.2, 0.25) is 0 Å². The van der Waals surface area contributed by atoms with E-state index >= 15 is 0 Å². The van der Waals surface area contributed by atoms with Crippen molar-refractivity contribution in [2.75, 3.05) is 19.7 Å². The third-order valence-electron chi connectivity index (χ3n) is 2.88. The monoisotopic (exact) mass is 285 g/mol. The largest absolute Gasteiger partial charge is 0.395 e. The highest BCUT2D eigenvalue weighted by atomic mass is 32.1. The Morgan fingerprint density at radius 2 is 2.21 bits per heavy atom. The second-order valence-electron chi connectivity index (χ2n) is 4.41. The van der Waals surface area contributed by atoms with Crippen LogP contribution in [0.3, 0.4) is 0 Å². The number of aromatic nitrogens is 1. The van der Waals surface area contributed by atoms with Gasteiger partial charge in [0, 0.05) is 25.0 Å². The predicted octanol–water partition coefficient (Wildman–Crippen LogP) is 1.62. The van der Waals surface area contributed by atoms with Crippen LogP contribution in [0.2, 0.25) is 0 Å². The average molecular weight is 285 g/mol. The molecule has 1 aromatic heterocycles. The minimum absolute atomic E-state index is 0.0204. The molecule has 0 fully saturated rings. The Morgan fingerprint density at radius 1 is 1.42 bits per heavy atom. The third kappa shape index (κ3) is 5.26. The second-order valence-corrected chi connectivity index (χ2v) is 5.35. The number of amides is 1. The number of carbonyl (C=O) groups is 1. The smallest absolute Gasteiger partial charge is 0.273 e. The number of carbonyl (C=O) groups excluding carboxylic acids is 1. The molecule has 0 atom stereocenters. The van der Waals surface area contributed by atoms with Crippen LogP contribution in [0.5, 0.6) is 0 Å². The molecule has 1 aromatic rings. The Bertz CT molecular complexity index is 382. The van der Waals surface area contributed by atoms with E-state index in [0.717, 1.165) is 17.8 Å². The minimum Gasteiger partial charge on any atom is -0.395 e. The topological polar surface area (TPSA) is 79.5 Å². The zero-order chi connectivity index (χ0) is 14.1. The SMILES string of the molecule is CCCCCCN(CCO)C(=O)c1csc(CN)n1. The molecule has 0 aromatic carbocycles. The van der Waals surface area contributed by atoms with Gasteiger partial charge in [0.1, 0.15) is 10.7 Å². The van der Waals surface area contributed by atoms with Crippen molar-refractivity contribution in [1.29, 1.82) is 0 Å². The van der Waals surface area contributed by atoms with Crippen molar-refractivity contribution in [2.24, 2.45) is 5.73 Å². The Hall–Kier alpha value is -0.980. The summed E-state index contributed by atoms with van der Waals surface area (Å²) in [5, 5.41) is 11.6. The van der Waals surface area contributed by atoms with Crippen LogP contribution in [0.4, 0.5) is 0 Å². The van der Waals surface area contributed by atoms with E-state index in [4.69, 9.17) is 10.8 Å². The summed E-state index contributed by atoms with van der Waals surface area (Å²) in [6.07, 6.45) is 4.42. The maximum atomic E-state index is 12.2. The number of nitrogens with zero attached hydrogens (tertiary/aromatic N) is 2. The van der Waals surface area contributed by atoms with Gasteiger partial charge in [-0.3, -0.25) is 4.79 Å². The van der Waals surface area contributed by atoms with Crippen LogP contribution in [0, 0.1) is 0 Å². The second kappa shape index (κ2) is 9.01. The molecule has 0 aliphatic rings. The fourth-order valence-electron chi connectivity index (χ4n) is 1.83. The molecular weight excluding hydrogens is 262 g/mol. The molecule has 0 bridgehead atoms. The van der Waals surface area contributed by atoms with Gasteiger partial charge in [-0.05, 0) is 6.42 Å². The molecule has 6 heteroatoms. The number of aliphatic hydroxyl groups is 1. The van der Waals surface area contributed by atoms with E-state index in [9.17, 15) is 4.79 Å². The highest BCUT2D eigenvalue weighted by Crippen LogP contribution is 2.12. The molecule has 1 rings (SSSR count). The van der Waals surface area contributed by atoms with Gasteiger partial charge in [-0.1, -0.05) is 26.2 Å². The van der Waals surface area contributed by atoms with Gasteiger partial charge in [0.05, 0.1) is 6.61 Å². The molecule has 0 saturated carbocycles. The number of thiazole rings is 1. The van der Waals surface area contributed by atoms with Gasteiger partial charge in [0.15, 0.2) is 0 Å². The van der Waals surface area contributed by atoms with Crippen LogP contribution < -0.4 is 5.73 Å². The summed E-state index contributed by atoms with van der Waals surface area (Å²) >= 11 is 1.40. The van der Waals surface area contributed by atoms with Gasteiger partial charge in [-0.15, -0.1) is 11.3 Å². The predicted molar refractivity (Wildman–Crippen MR) is 77.1 cm³/mol. The molecular formula is C13H23N3O2S. The third-order valence-corrected chi connectivity index (χ3v) is 3.76. The quantitative estimate of drug-likeness (QED) is 0.676. The Morgan fingerprint density at radius 3 is 2.79 bits per heavy atom. The lowest BCUT2D eigenvalue weighted by molar-refractivity contribution is 0.0713. The van der Waals surface area contributed by atoms with Crippen molar-refractivity contribution >= 4 is 17.2 Å². The molecule has 0 aliphatic heterocycles. The van der Waals surface area contributed by atoms with E-state index in [-0.39, 0.29) is 12.5 Å². The van der Waals surface area contributed by atoms with Gasteiger partial charge < -0.3 is 15.7 Å². The molecule has 3 N–H and O–H groups in total. The Labute approximate surface area is 118 Å². The minimum atomic E-state index is -0.110. The van der Waals surface area contributed by atoms with Crippen molar-refractivity contribution in [3.8, 4) is 0 Å². The van der Waals surface area contributed by atoms with Crippen molar-refractivity contribution < 1.29 is 9.90 Å². The van der Waals surface area contributed by atoms with E-state index in [1.807, 2.05) is 0 Å². The van der Waals surface area contributed by atoms with Gasteiger partial charge in [0.25, 0.3) is 5.91 Å². The molecule has 1 amide bonds. The summed E-state index contributed by atoms with van der Waals surface area (Å²) in [5.74, 6) is -0.110. The van der Waals surface area contributed by atoms with Gasteiger partial charge in [-0.25, -0.2) is 4.98 Å². The summed E-state index contributed by atoms with van der Waals surface area (Å²) in [5.41, 5.74) is 5.93. The maximum absolute atomic E-state index is 12.2. The fraction of sp³-hybridized carbons (Fsp3) is 0.692. The average Bonchev–Trinajstić information content (AvgIpc) is 2.90. The molecule has 0 spiro atoms. The van der Waals surface area contributed by atoms with Crippen LogP contribution in [0.25, 0.3) is 0 Å². The summed E-state index contributed by atoms with van der Waals surface area (Å²) < 4.78 is 0. The number of hydrogen-bond acceptors (Lipinski definition) is 5. The number of nitrogens with two attached hydrogens (primary N) is 1. The standard InChI is InChI=1S/C13H23N3O2S/c1-2-3-4-5-6-16(7-8-17)13(18)11-10-19-12(9-14)15-11/h10,17H,2-9,14H2,1H3. The van der Waals surface area contributed by atoms with E-state index in [2.05, 4.69) is 11.9 Å². The van der Waals surface area contributed by atoms with Crippen LogP contribution in [-0.2, 0) is 6.54 Å². The maximum Gasteiger partial charge on any atom is 0.273 e. The lowest BCUT2D eigenvalue weighted by Gasteiger charge is -2.20. The van der Waals surface area contributed by atoms with Crippen LogP contribution in [0.1, 0.15) is 48.1 Å². The molecule has 19 heavy (non-hydrogen) atoms. The molecule has 0 aliphatic carbocycles. The molecule has 5 nitrogen and oxygen atoms in total. The normalized spacial score (nSPS) is 10.7. The first-order valence-electron chi connectivity index (χ1n) is 6.77. The van der Waals surface area contributed by atoms with E-state index in [0.29, 0.717) is 25.3 Å². The number of aliphatic hydroxyl groups excluding tert-OH is 1. The Kier molecular flexibility index (Phi) is 7.62. The van der Waals surface area contributed by atoms with Crippen molar-refractivity contribution in [1.82, 2.24) is 9.88 Å². The molecule has 0 saturated heterocycles. The van der Waals surface area contributed by atoms with Gasteiger partial charge in [-0.2, -0.15) is 0 Å². The first-order valence-corrected chi connectivity index (χ1v) is 7.65. The first kappa shape index (κ1) is 16.1. The van der Waals surface area contributed by atoms with Crippen LogP contribution in [0.15, 0.2) is 5.38 Å². The van der Waals surface area contributed by atoms with Crippen molar-refractivity contribution in [2.45, 2.75) is 39.2 Å². The number of hydrogen-bond donors (Lipinski definition) is 2. The highest BCUT2D eigenvalue weighted by Gasteiger charge is 2.17. The van der Waals surface area contributed by atoms with E-state index < -0.39 is 0 Å². The zero-order valence-corrected chi connectivity index (χ0v) is 12.3. The molecule has 0 unspecified atom stereocenters. The molecule has 1 heterocycles. The summed E-state index contributed by atoms with van der Waals surface area (Å²) in [6.45, 7) is 3.53. The lowest BCUT2D eigenvalue weighted by Crippen LogP contribution is -2.34. The number of rotatable bonds is 9. The fourth-order valence-corrected chi connectivity index (χ4v) is 2.48. The molecule has 108 valence electrons.